The Morgan fingerprint density at radius 3 is 2.58 bits per heavy atom. The second kappa shape index (κ2) is 8.29. The highest BCUT2D eigenvalue weighted by atomic mass is 16.4. The summed E-state index contributed by atoms with van der Waals surface area (Å²) in [5.74, 6) is 0. The average molecular weight is 177 g/mol. The van der Waals surface area contributed by atoms with E-state index in [1.54, 1.807) is 0 Å². The highest BCUT2D eigenvalue weighted by Crippen LogP contribution is 1.99. The lowest BCUT2D eigenvalue weighted by molar-refractivity contribution is 0.189. The Morgan fingerprint density at radius 2 is 2.17 bits per heavy atom. The number of amides is 1. The lowest BCUT2D eigenvalue weighted by Crippen LogP contribution is -2.40. The number of nitrogens with one attached hydrogen (secondary N) is 1. The number of carboxylic acid groups (broad SMARTS) is 1. The van der Waals surface area contributed by atoms with E-state index in [1.165, 1.54) is 0 Å². The number of hydrogen-bond acceptors (Lipinski definition) is 3. The third-order valence-corrected chi connectivity index (χ3v) is 1.43. The Balaban J connectivity index is 0. The first-order valence-electron chi connectivity index (χ1n) is 3.92. The highest BCUT2D eigenvalue weighted by molar-refractivity contribution is 5.64. The number of rotatable bonds is 5. The van der Waals surface area contributed by atoms with E-state index in [4.69, 9.17) is 10.8 Å². The van der Waals surface area contributed by atoms with Gasteiger partial charge in [0.2, 0.25) is 0 Å². The number of nitrogens with two attached hydrogens (primary N) is 1. The fourth-order valence-corrected chi connectivity index (χ4v) is 0.845. The maximum Gasteiger partial charge on any atom is 0.405 e. The van der Waals surface area contributed by atoms with Crippen LogP contribution < -0.4 is 17.2 Å². The van der Waals surface area contributed by atoms with Gasteiger partial charge >= 0.3 is 6.09 Å². The largest absolute Gasteiger partial charge is 0.465 e. The SMILES string of the molecule is CCCCCC(N)NC(=O)O.N. The summed E-state index contributed by atoms with van der Waals surface area (Å²) in [6.45, 7) is 2.09. The van der Waals surface area contributed by atoms with Gasteiger partial charge < -0.3 is 22.3 Å². The van der Waals surface area contributed by atoms with E-state index in [1.807, 2.05) is 0 Å². The van der Waals surface area contributed by atoms with E-state index in [0.29, 0.717) is 0 Å². The van der Waals surface area contributed by atoms with Crippen LogP contribution in [0, 0.1) is 0 Å². The molecule has 0 aliphatic rings. The highest BCUT2D eigenvalue weighted by Gasteiger charge is 2.03. The molecule has 0 aliphatic carbocycles. The molecule has 5 nitrogen and oxygen atoms in total. The van der Waals surface area contributed by atoms with Crippen LogP contribution >= 0.6 is 0 Å². The molecular weight excluding hydrogens is 158 g/mol. The zero-order chi connectivity index (χ0) is 8.69. The van der Waals surface area contributed by atoms with Gasteiger partial charge in [-0.25, -0.2) is 4.79 Å². The van der Waals surface area contributed by atoms with Crippen molar-refractivity contribution in [2.75, 3.05) is 0 Å². The molecule has 0 aromatic heterocycles. The molecule has 1 unspecified atom stereocenters. The predicted octanol–water partition coefficient (Wildman–Crippen LogP) is 1.28. The molecule has 74 valence electrons. The molecule has 0 saturated carbocycles. The molecule has 7 N–H and O–H groups in total. The fraction of sp³-hybridized carbons (Fsp3) is 0.857. The van der Waals surface area contributed by atoms with Gasteiger partial charge in [-0.1, -0.05) is 26.2 Å². The maximum absolute atomic E-state index is 10.1. The van der Waals surface area contributed by atoms with Crippen LogP contribution in [-0.4, -0.2) is 17.4 Å². The minimum Gasteiger partial charge on any atom is -0.465 e. The van der Waals surface area contributed by atoms with Crippen LogP contribution in [0.25, 0.3) is 0 Å². The molecule has 5 heteroatoms. The summed E-state index contributed by atoms with van der Waals surface area (Å²) < 4.78 is 0. The van der Waals surface area contributed by atoms with E-state index in [0.717, 1.165) is 25.7 Å². The molecule has 0 saturated heterocycles. The van der Waals surface area contributed by atoms with Gasteiger partial charge in [0, 0.05) is 0 Å². The van der Waals surface area contributed by atoms with Gasteiger partial charge in [0.25, 0.3) is 0 Å². The monoisotopic (exact) mass is 177 g/mol. The van der Waals surface area contributed by atoms with Gasteiger partial charge in [-0.05, 0) is 6.42 Å². The summed E-state index contributed by atoms with van der Waals surface area (Å²) in [6.07, 6.45) is 2.49. The van der Waals surface area contributed by atoms with Crippen molar-refractivity contribution >= 4 is 6.09 Å². The fourth-order valence-electron chi connectivity index (χ4n) is 0.845. The molecule has 0 spiro atoms. The third-order valence-electron chi connectivity index (χ3n) is 1.43. The van der Waals surface area contributed by atoms with E-state index in [9.17, 15) is 4.79 Å². The summed E-state index contributed by atoms with van der Waals surface area (Å²) in [5.41, 5.74) is 5.42. The van der Waals surface area contributed by atoms with Gasteiger partial charge in [-0.15, -0.1) is 0 Å². The smallest absolute Gasteiger partial charge is 0.405 e. The number of carbonyl (C=O) groups is 1. The van der Waals surface area contributed by atoms with E-state index < -0.39 is 12.3 Å². The summed E-state index contributed by atoms with van der Waals surface area (Å²) >= 11 is 0. The summed E-state index contributed by atoms with van der Waals surface area (Å²) in [5, 5.41) is 10.4. The van der Waals surface area contributed by atoms with E-state index in [2.05, 4.69) is 12.2 Å². The van der Waals surface area contributed by atoms with Crippen LogP contribution in [0.4, 0.5) is 4.79 Å². The van der Waals surface area contributed by atoms with Crippen molar-refractivity contribution in [1.82, 2.24) is 11.5 Å². The molecule has 0 bridgehead atoms. The molecule has 0 radical (unpaired) electrons. The zero-order valence-electron chi connectivity index (χ0n) is 7.55. The molecule has 12 heavy (non-hydrogen) atoms. The van der Waals surface area contributed by atoms with Crippen LogP contribution in [0.2, 0.25) is 0 Å². The molecule has 0 fully saturated rings. The molecule has 0 aromatic rings. The first kappa shape index (κ1) is 13.8. The Labute approximate surface area is 72.9 Å². The summed E-state index contributed by atoms with van der Waals surface area (Å²) in [6, 6.07) is 0. The molecule has 0 heterocycles. The molecular formula is C7H19N3O2. The minimum atomic E-state index is -1.05. The van der Waals surface area contributed by atoms with Gasteiger partial charge in [0.1, 0.15) is 0 Å². The van der Waals surface area contributed by atoms with Gasteiger partial charge in [-0.3, -0.25) is 0 Å². The lowest BCUT2D eigenvalue weighted by atomic mass is 10.2. The van der Waals surface area contributed by atoms with Gasteiger partial charge in [0.15, 0.2) is 0 Å². The van der Waals surface area contributed by atoms with Gasteiger partial charge in [0.05, 0.1) is 6.17 Å². The molecule has 1 atom stereocenters. The second-order valence-electron chi connectivity index (χ2n) is 2.55. The van der Waals surface area contributed by atoms with Crippen molar-refractivity contribution in [2.24, 2.45) is 5.73 Å². The molecule has 0 aliphatic heterocycles. The van der Waals surface area contributed by atoms with Crippen molar-refractivity contribution in [1.29, 1.82) is 0 Å². The maximum atomic E-state index is 10.1. The quantitative estimate of drug-likeness (QED) is 0.374. The topological polar surface area (TPSA) is 110 Å². The summed E-state index contributed by atoms with van der Waals surface area (Å²) in [7, 11) is 0. The average Bonchev–Trinajstić information content (AvgIpc) is 1.86. The zero-order valence-corrected chi connectivity index (χ0v) is 7.55. The normalized spacial score (nSPS) is 11.5. The predicted molar refractivity (Wildman–Crippen MR) is 48.3 cm³/mol. The van der Waals surface area contributed by atoms with Crippen LogP contribution in [0.1, 0.15) is 32.6 Å². The van der Waals surface area contributed by atoms with Crippen molar-refractivity contribution in [2.45, 2.75) is 38.8 Å². The lowest BCUT2D eigenvalue weighted by Gasteiger charge is -2.09. The molecule has 0 rings (SSSR count). The van der Waals surface area contributed by atoms with Crippen LogP contribution in [0.15, 0.2) is 0 Å². The Bertz CT molecular complexity index is 119. The standard InChI is InChI=1S/C7H16N2O2.H3N/c1-2-3-4-5-6(8)9-7(10)11;/h6,9H,2-5,8H2,1H3,(H,10,11);1H3. The van der Waals surface area contributed by atoms with Crippen LogP contribution in [-0.2, 0) is 0 Å². The Morgan fingerprint density at radius 1 is 1.58 bits per heavy atom. The van der Waals surface area contributed by atoms with E-state index in [-0.39, 0.29) is 6.15 Å². The van der Waals surface area contributed by atoms with Crippen LogP contribution in [0.5, 0.6) is 0 Å². The Kier molecular flexibility index (Phi) is 9.50. The van der Waals surface area contributed by atoms with Crippen molar-refractivity contribution in [3.05, 3.63) is 0 Å². The van der Waals surface area contributed by atoms with Crippen molar-refractivity contribution in [3.8, 4) is 0 Å². The van der Waals surface area contributed by atoms with Crippen molar-refractivity contribution in [3.63, 3.8) is 0 Å². The van der Waals surface area contributed by atoms with E-state index >= 15 is 0 Å². The number of hydrogen-bond donors (Lipinski definition) is 4. The number of unbranched alkanes of at least 4 members (excludes halogenated alkanes) is 2. The first-order valence-corrected chi connectivity index (χ1v) is 3.92. The van der Waals surface area contributed by atoms with Gasteiger partial charge in [-0.2, -0.15) is 0 Å². The second-order valence-corrected chi connectivity index (χ2v) is 2.55. The Hall–Kier alpha value is -0.810. The molecule has 1 amide bonds. The summed E-state index contributed by atoms with van der Waals surface area (Å²) in [4.78, 5) is 10.1. The van der Waals surface area contributed by atoms with Crippen molar-refractivity contribution < 1.29 is 9.90 Å². The minimum absolute atomic E-state index is 0. The third kappa shape index (κ3) is 9.19. The van der Waals surface area contributed by atoms with Crippen LogP contribution in [0.3, 0.4) is 0 Å². The first-order chi connectivity index (χ1) is 5.16. The molecule has 0 aromatic carbocycles.